The molecule has 1 atom stereocenters. The quantitative estimate of drug-likeness (QED) is 0.614. The Morgan fingerprint density at radius 3 is 2.60 bits per heavy atom. The highest BCUT2D eigenvalue weighted by Gasteiger charge is 2.40. The van der Waals surface area contributed by atoms with Crippen LogP contribution >= 0.6 is 0 Å². The topological polar surface area (TPSA) is 59.6 Å². The summed E-state index contributed by atoms with van der Waals surface area (Å²) in [6, 6.07) is 0. The van der Waals surface area contributed by atoms with Crippen molar-refractivity contribution in [3.05, 3.63) is 0 Å². The Balaban J connectivity index is 1.38. The smallest absolute Gasteiger partial charge is 0.188 e. The normalized spacial score (nSPS) is 30.4. The van der Waals surface area contributed by atoms with E-state index in [1.54, 1.807) is 0 Å². The largest absolute Gasteiger partial charge is 0.370 e. The van der Waals surface area contributed by atoms with E-state index in [1.807, 2.05) is 0 Å². The Labute approximate surface area is 122 Å². The van der Waals surface area contributed by atoms with E-state index >= 15 is 0 Å². The molecule has 1 saturated heterocycles. The monoisotopic (exact) mass is 279 g/mol. The van der Waals surface area contributed by atoms with Crippen LogP contribution in [-0.2, 0) is 4.74 Å². The van der Waals surface area contributed by atoms with E-state index in [4.69, 9.17) is 10.5 Å². The average Bonchev–Trinajstić information content (AvgIpc) is 2.78. The van der Waals surface area contributed by atoms with Crippen molar-refractivity contribution in [3.8, 4) is 0 Å². The summed E-state index contributed by atoms with van der Waals surface area (Å²) < 4.78 is 6.33. The predicted molar refractivity (Wildman–Crippen MR) is 81.8 cm³/mol. The van der Waals surface area contributed by atoms with Gasteiger partial charge < -0.3 is 15.8 Å². The maximum absolute atomic E-state index is 6.33. The molecular formula is C16H29N3O. The molecule has 2 aliphatic carbocycles. The molecule has 1 spiro atoms. The Morgan fingerprint density at radius 2 is 1.90 bits per heavy atom. The molecule has 114 valence electrons. The molecule has 4 heteroatoms. The van der Waals surface area contributed by atoms with Gasteiger partial charge in [-0.1, -0.05) is 25.7 Å². The van der Waals surface area contributed by atoms with Crippen LogP contribution in [0.5, 0.6) is 0 Å². The van der Waals surface area contributed by atoms with E-state index in [0.717, 1.165) is 19.0 Å². The molecule has 3 fully saturated rings. The summed E-state index contributed by atoms with van der Waals surface area (Å²) in [5.41, 5.74) is 6.14. The van der Waals surface area contributed by atoms with Crippen molar-refractivity contribution in [3.63, 3.8) is 0 Å². The van der Waals surface area contributed by atoms with Crippen LogP contribution in [-0.4, -0.2) is 30.8 Å². The van der Waals surface area contributed by atoms with Crippen molar-refractivity contribution in [1.82, 2.24) is 5.32 Å². The minimum atomic E-state index is 0.211. The van der Waals surface area contributed by atoms with Gasteiger partial charge in [-0.25, -0.2) is 0 Å². The summed E-state index contributed by atoms with van der Waals surface area (Å²) in [6.45, 7) is 1.72. The van der Waals surface area contributed by atoms with Crippen LogP contribution in [0, 0.1) is 5.92 Å². The number of hydrogen-bond donors (Lipinski definition) is 2. The van der Waals surface area contributed by atoms with Crippen molar-refractivity contribution < 1.29 is 4.74 Å². The van der Waals surface area contributed by atoms with E-state index in [0.29, 0.717) is 12.1 Å². The summed E-state index contributed by atoms with van der Waals surface area (Å²) in [6.07, 6.45) is 13.3. The van der Waals surface area contributed by atoms with Gasteiger partial charge in [0, 0.05) is 13.1 Å². The minimum Gasteiger partial charge on any atom is -0.370 e. The van der Waals surface area contributed by atoms with Gasteiger partial charge >= 0.3 is 0 Å². The zero-order valence-corrected chi connectivity index (χ0v) is 12.6. The molecule has 2 saturated carbocycles. The van der Waals surface area contributed by atoms with Crippen LogP contribution in [0.1, 0.15) is 64.2 Å². The van der Waals surface area contributed by atoms with Crippen LogP contribution in [0.3, 0.4) is 0 Å². The van der Waals surface area contributed by atoms with Gasteiger partial charge in [-0.2, -0.15) is 0 Å². The maximum Gasteiger partial charge on any atom is 0.188 e. The molecule has 4 nitrogen and oxygen atoms in total. The first-order chi connectivity index (χ1) is 9.76. The Bertz CT molecular complexity index is 346. The lowest BCUT2D eigenvalue weighted by molar-refractivity contribution is -0.0612. The van der Waals surface area contributed by atoms with E-state index < -0.39 is 0 Å². The van der Waals surface area contributed by atoms with Crippen molar-refractivity contribution in [1.29, 1.82) is 0 Å². The summed E-state index contributed by atoms with van der Waals surface area (Å²) in [5.74, 6) is 1.38. The first-order valence-corrected chi connectivity index (χ1v) is 8.47. The van der Waals surface area contributed by atoms with Crippen molar-refractivity contribution in [2.45, 2.75) is 75.9 Å². The molecule has 3 N–H and O–H groups in total. The van der Waals surface area contributed by atoms with Crippen molar-refractivity contribution in [2.24, 2.45) is 16.6 Å². The number of ether oxygens (including phenoxy) is 1. The van der Waals surface area contributed by atoms with Gasteiger partial charge in [0.25, 0.3) is 0 Å². The molecule has 3 aliphatic rings. The number of rotatable bonds is 4. The molecule has 0 amide bonds. The highest BCUT2D eigenvalue weighted by molar-refractivity contribution is 5.77. The lowest BCUT2D eigenvalue weighted by Gasteiger charge is -2.33. The molecular weight excluding hydrogens is 250 g/mol. The molecule has 1 aliphatic heterocycles. The average molecular weight is 279 g/mol. The van der Waals surface area contributed by atoms with Gasteiger partial charge in [-0.05, 0) is 44.4 Å². The predicted octanol–water partition coefficient (Wildman–Crippen LogP) is 2.57. The lowest BCUT2D eigenvalue weighted by Crippen LogP contribution is -2.39. The molecule has 0 aromatic rings. The zero-order valence-electron chi connectivity index (χ0n) is 12.6. The van der Waals surface area contributed by atoms with E-state index in [1.165, 1.54) is 64.2 Å². The van der Waals surface area contributed by atoms with Crippen LogP contribution in [0.2, 0.25) is 0 Å². The minimum absolute atomic E-state index is 0.211. The highest BCUT2D eigenvalue weighted by Crippen LogP contribution is 2.41. The lowest BCUT2D eigenvalue weighted by atomic mass is 9.83. The Morgan fingerprint density at radius 1 is 1.10 bits per heavy atom. The number of hydrogen-bond acceptors (Lipinski definition) is 2. The summed E-state index contributed by atoms with van der Waals surface area (Å²) >= 11 is 0. The van der Waals surface area contributed by atoms with Gasteiger partial charge in [0.15, 0.2) is 5.96 Å². The number of nitrogens with zero attached hydrogens (tertiary/aromatic N) is 1. The second-order valence-corrected chi connectivity index (χ2v) is 6.93. The zero-order chi connectivity index (χ0) is 13.8. The number of aliphatic imine (C=N–C) groups is 1. The summed E-state index contributed by atoms with van der Waals surface area (Å²) in [7, 11) is 0. The second-order valence-electron chi connectivity index (χ2n) is 6.93. The summed E-state index contributed by atoms with van der Waals surface area (Å²) in [5, 5.41) is 3.25. The third-order valence-electron chi connectivity index (χ3n) is 5.36. The van der Waals surface area contributed by atoms with Crippen LogP contribution in [0.15, 0.2) is 4.99 Å². The molecule has 20 heavy (non-hydrogen) atoms. The first-order valence-electron chi connectivity index (χ1n) is 8.47. The fourth-order valence-electron chi connectivity index (χ4n) is 3.78. The molecule has 0 bridgehead atoms. The van der Waals surface area contributed by atoms with Crippen LogP contribution in [0.25, 0.3) is 0 Å². The third kappa shape index (κ3) is 3.46. The first kappa shape index (κ1) is 14.2. The standard InChI is InChI=1S/C16H29N3O/c17-15(18-11-13-5-4-6-13)19-12-14-7-10-16(20-14)8-2-1-3-9-16/h13-14H,1-12H2,(H3,17,18,19). The Hall–Kier alpha value is -0.770. The molecule has 1 unspecified atom stereocenters. The fourth-order valence-corrected chi connectivity index (χ4v) is 3.78. The SMILES string of the molecule is NC(=NCC1CCC1)NCC1CCC2(CCCCC2)O1. The van der Waals surface area contributed by atoms with Gasteiger partial charge in [0.05, 0.1) is 11.7 Å². The molecule has 0 radical (unpaired) electrons. The maximum atomic E-state index is 6.33. The molecule has 0 aromatic carbocycles. The van der Waals surface area contributed by atoms with Gasteiger partial charge in [0.1, 0.15) is 0 Å². The van der Waals surface area contributed by atoms with Crippen LogP contribution in [0.4, 0.5) is 0 Å². The van der Waals surface area contributed by atoms with Gasteiger partial charge in [-0.15, -0.1) is 0 Å². The molecule has 1 heterocycles. The second kappa shape index (κ2) is 6.33. The Kier molecular flexibility index (Phi) is 4.49. The fraction of sp³-hybridized carbons (Fsp3) is 0.938. The van der Waals surface area contributed by atoms with E-state index in [-0.39, 0.29) is 5.60 Å². The van der Waals surface area contributed by atoms with E-state index in [2.05, 4.69) is 10.3 Å². The van der Waals surface area contributed by atoms with Crippen molar-refractivity contribution >= 4 is 5.96 Å². The molecule has 0 aromatic heterocycles. The number of nitrogens with one attached hydrogen (secondary N) is 1. The molecule has 3 rings (SSSR count). The third-order valence-corrected chi connectivity index (χ3v) is 5.36. The van der Waals surface area contributed by atoms with Gasteiger partial charge in [0.2, 0.25) is 0 Å². The van der Waals surface area contributed by atoms with Gasteiger partial charge in [-0.3, -0.25) is 4.99 Å². The summed E-state index contributed by atoms with van der Waals surface area (Å²) in [4.78, 5) is 4.44. The number of nitrogens with two attached hydrogens (primary N) is 1. The highest BCUT2D eigenvalue weighted by atomic mass is 16.5. The number of guanidine groups is 1. The van der Waals surface area contributed by atoms with Crippen molar-refractivity contribution in [2.75, 3.05) is 13.1 Å². The van der Waals surface area contributed by atoms with E-state index in [9.17, 15) is 0 Å². The van der Waals surface area contributed by atoms with Crippen LogP contribution < -0.4 is 11.1 Å².